The average molecular weight is 310 g/mol. The molecule has 1 N–H and O–H groups in total. The van der Waals surface area contributed by atoms with Gasteiger partial charge in [0.25, 0.3) is 0 Å². The van der Waals surface area contributed by atoms with Crippen molar-refractivity contribution in [2.24, 2.45) is 0 Å². The van der Waals surface area contributed by atoms with Gasteiger partial charge in [-0.25, -0.2) is 9.78 Å². The van der Waals surface area contributed by atoms with Crippen LogP contribution in [-0.2, 0) is 17.8 Å². The lowest BCUT2D eigenvalue weighted by Gasteiger charge is -2.08. The number of anilines is 1. The first-order valence-corrected chi connectivity index (χ1v) is 6.97. The number of hydrogen-bond donors (Lipinski definition) is 1. The summed E-state index contributed by atoms with van der Waals surface area (Å²) in [5.41, 5.74) is 1.31. The molecule has 0 spiro atoms. The number of thiophene rings is 1. The summed E-state index contributed by atoms with van der Waals surface area (Å²) >= 11 is 0.789. The Bertz CT molecular complexity index is 664. The number of aromatic nitrogens is 2. The number of nitrogens with one attached hydrogen (secondary N) is 1. The van der Waals surface area contributed by atoms with Crippen LogP contribution in [0.3, 0.4) is 0 Å². The predicted octanol–water partition coefficient (Wildman–Crippen LogP) is 2.27. The van der Waals surface area contributed by atoms with Gasteiger partial charge >= 0.3 is 11.0 Å². The van der Waals surface area contributed by atoms with Gasteiger partial charge < -0.3 is 14.6 Å². The molecule has 0 atom stereocenters. The largest absolute Gasteiger partial charge is 0.465 e. The van der Waals surface area contributed by atoms with E-state index in [-0.39, 0.29) is 9.88 Å². The molecule has 8 nitrogen and oxygen atoms in total. The highest BCUT2D eigenvalue weighted by Gasteiger charge is 2.22. The average Bonchev–Trinajstić information content (AvgIpc) is 3.10. The standard InChI is InChI=1S/C12H14N4O4S/c1-3-15-7-13-5-8(15)6-14-9-4-10(16(18)19)21-11(9)12(17)20-2/h4-5,7,14H,3,6H2,1-2H3. The van der Waals surface area contributed by atoms with Gasteiger partial charge in [0.15, 0.2) is 0 Å². The molecule has 2 aromatic rings. The van der Waals surface area contributed by atoms with Crippen LogP contribution in [0.5, 0.6) is 0 Å². The van der Waals surface area contributed by atoms with Crippen molar-refractivity contribution < 1.29 is 14.5 Å². The van der Waals surface area contributed by atoms with Crippen molar-refractivity contribution in [3.63, 3.8) is 0 Å². The van der Waals surface area contributed by atoms with Gasteiger partial charge in [-0.1, -0.05) is 11.3 Å². The van der Waals surface area contributed by atoms with E-state index in [1.54, 1.807) is 12.5 Å². The van der Waals surface area contributed by atoms with Crippen LogP contribution in [0.1, 0.15) is 22.3 Å². The monoisotopic (exact) mass is 310 g/mol. The van der Waals surface area contributed by atoms with Crippen LogP contribution in [0.2, 0.25) is 0 Å². The van der Waals surface area contributed by atoms with E-state index < -0.39 is 10.9 Å². The van der Waals surface area contributed by atoms with E-state index in [4.69, 9.17) is 0 Å². The van der Waals surface area contributed by atoms with Crippen molar-refractivity contribution in [2.75, 3.05) is 12.4 Å². The minimum atomic E-state index is -0.598. The Hall–Kier alpha value is -2.42. The fraction of sp³-hybridized carbons (Fsp3) is 0.333. The molecule has 0 aliphatic carbocycles. The molecule has 112 valence electrons. The van der Waals surface area contributed by atoms with E-state index in [1.807, 2.05) is 11.5 Å². The molecule has 0 saturated heterocycles. The smallest absolute Gasteiger partial charge is 0.350 e. The highest BCUT2D eigenvalue weighted by Crippen LogP contribution is 2.33. The Morgan fingerprint density at radius 3 is 3.00 bits per heavy atom. The number of rotatable bonds is 6. The Morgan fingerprint density at radius 2 is 2.38 bits per heavy atom. The lowest BCUT2D eigenvalue weighted by molar-refractivity contribution is -0.380. The Morgan fingerprint density at radius 1 is 1.62 bits per heavy atom. The van der Waals surface area contributed by atoms with E-state index in [2.05, 4.69) is 15.0 Å². The summed E-state index contributed by atoms with van der Waals surface area (Å²) in [6.07, 6.45) is 3.41. The Kier molecular flexibility index (Phi) is 4.53. The molecular weight excluding hydrogens is 296 g/mol. The summed E-state index contributed by atoms with van der Waals surface area (Å²) in [7, 11) is 1.24. The topological polar surface area (TPSA) is 99.3 Å². The molecule has 2 heterocycles. The van der Waals surface area contributed by atoms with Crippen molar-refractivity contribution in [3.05, 3.63) is 39.3 Å². The van der Waals surface area contributed by atoms with Gasteiger partial charge in [-0.15, -0.1) is 0 Å². The zero-order valence-electron chi connectivity index (χ0n) is 11.5. The van der Waals surface area contributed by atoms with Crippen molar-refractivity contribution in [2.45, 2.75) is 20.0 Å². The second kappa shape index (κ2) is 6.35. The molecule has 0 aliphatic heterocycles. The lowest BCUT2D eigenvalue weighted by Crippen LogP contribution is -2.08. The summed E-state index contributed by atoms with van der Waals surface area (Å²) in [6.45, 7) is 3.16. The number of carbonyl (C=O) groups is 1. The first-order chi connectivity index (χ1) is 10.1. The van der Waals surface area contributed by atoms with E-state index in [1.165, 1.54) is 13.2 Å². The second-order valence-corrected chi connectivity index (χ2v) is 5.13. The number of imidazole rings is 1. The van der Waals surface area contributed by atoms with Gasteiger partial charge in [0.2, 0.25) is 0 Å². The number of ether oxygens (including phenoxy) is 1. The number of hydrogen-bond acceptors (Lipinski definition) is 7. The third kappa shape index (κ3) is 3.19. The fourth-order valence-corrected chi connectivity index (χ4v) is 2.68. The summed E-state index contributed by atoms with van der Waals surface area (Å²) in [5, 5.41) is 13.7. The predicted molar refractivity (Wildman–Crippen MR) is 77.5 cm³/mol. The van der Waals surface area contributed by atoms with Gasteiger partial charge in [-0.3, -0.25) is 10.1 Å². The van der Waals surface area contributed by atoms with E-state index >= 15 is 0 Å². The van der Waals surface area contributed by atoms with Gasteiger partial charge in [0.1, 0.15) is 4.88 Å². The molecule has 0 saturated carbocycles. The molecule has 0 bridgehead atoms. The zero-order chi connectivity index (χ0) is 15.4. The van der Waals surface area contributed by atoms with Crippen LogP contribution in [0.15, 0.2) is 18.6 Å². The summed E-state index contributed by atoms with van der Waals surface area (Å²) < 4.78 is 6.58. The SMILES string of the molecule is CCn1cncc1CNc1cc([N+](=O)[O-])sc1C(=O)OC. The molecule has 0 radical (unpaired) electrons. The summed E-state index contributed by atoms with van der Waals surface area (Å²) in [5.74, 6) is -0.598. The number of aryl methyl sites for hydroxylation is 1. The Balaban J connectivity index is 2.22. The molecule has 0 amide bonds. The molecule has 2 rings (SSSR count). The molecule has 2 aromatic heterocycles. The summed E-state index contributed by atoms with van der Waals surface area (Å²) in [6, 6.07) is 1.34. The molecule has 0 aliphatic rings. The van der Waals surface area contributed by atoms with Gasteiger partial charge in [-0.05, 0) is 6.92 Å². The Labute approximate surface area is 124 Å². The first-order valence-electron chi connectivity index (χ1n) is 6.16. The maximum Gasteiger partial charge on any atom is 0.350 e. The zero-order valence-corrected chi connectivity index (χ0v) is 12.3. The number of methoxy groups -OCH3 is 1. The van der Waals surface area contributed by atoms with Crippen molar-refractivity contribution in [1.29, 1.82) is 0 Å². The molecule has 9 heteroatoms. The minimum Gasteiger partial charge on any atom is -0.465 e. The van der Waals surface area contributed by atoms with Gasteiger partial charge in [0, 0.05) is 12.7 Å². The van der Waals surface area contributed by atoms with Crippen LogP contribution in [-0.4, -0.2) is 27.6 Å². The van der Waals surface area contributed by atoms with E-state index in [9.17, 15) is 14.9 Å². The number of nitrogens with zero attached hydrogens (tertiary/aromatic N) is 3. The number of nitro groups is 1. The molecular formula is C12H14N4O4S. The third-order valence-electron chi connectivity index (χ3n) is 2.87. The molecule has 21 heavy (non-hydrogen) atoms. The van der Waals surface area contributed by atoms with Crippen LogP contribution in [0.4, 0.5) is 10.7 Å². The van der Waals surface area contributed by atoms with Crippen LogP contribution in [0.25, 0.3) is 0 Å². The van der Waals surface area contributed by atoms with Crippen LogP contribution >= 0.6 is 11.3 Å². The first kappa shape index (κ1) is 15.0. The van der Waals surface area contributed by atoms with Crippen molar-refractivity contribution in [3.8, 4) is 0 Å². The van der Waals surface area contributed by atoms with Crippen LogP contribution in [0, 0.1) is 10.1 Å². The van der Waals surface area contributed by atoms with Gasteiger partial charge in [-0.2, -0.15) is 0 Å². The van der Waals surface area contributed by atoms with Crippen molar-refractivity contribution in [1.82, 2.24) is 9.55 Å². The molecule has 0 aromatic carbocycles. The lowest BCUT2D eigenvalue weighted by atomic mass is 10.3. The highest BCUT2D eigenvalue weighted by atomic mass is 32.1. The minimum absolute atomic E-state index is 0.109. The van der Waals surface area contributed by atoms with E-state index in [0.717, 1.165) is 23.6 Å². The molecule has 0 fully saturated rings. The molecule has 0 unspecified atom stereocenters. The quantitative estimate of drug-likeness (QED) is 0.499. The van der Waals surface area contributed by atoms with Crippen LogP contribution < -0.4 is 5.32 Å². The maximum atomic E-state index is 11.7. The maximum absolute atomic E-state index is 11.7. The summed E-state index contributed by atoms with van der Waals surface area (Å²) in [4.78, 5) is 26.2. The van der Waals surface area contributed by atoms with Crippen molar-refractivity contribution >= 4 is 28.0 Å². The fourth-order valence-electron chi connectivity index (χ4n) is 1.81. The second-order valence-electron chi connectivity index (χ2n) is 4.10. The van der Waals surface area contributed by atoms with E-state index in [0.29, 0.717) is 12.2 Å². The van der Waals surface area contributed by atoms with Gasteiger partial charge in [0.05, 0.1) is 42.4 Å². The highest BCUT2D eigenvalue weighted by molar-refractivity contribution is 7.17. The number of carbonyl (C=O) groups excluding carboxylic acids is 1. The third-order valence-corrected chi connectivity index (χ3v) is 3.94. The normalized spacial score (nSPS) is 10.4. The number of esters is 1.